The lowest BCUT2D eigenvalue weighted by atomic mass is 9.92. The number of halogens is 1. The van der Waals surface area contributed by atoms with E-state index in [2.05, 4.69) is 60.5 Å². The SMILES string of the molecule is CCc1ccc(NC(=O)N2CCc3c([nH]c4ccc(Cl)cc34)[C@@H]2c2ccc(C)cc2)cc1. The third-order valence-electron chi connectivity index (χ3n) is 6.36. The second-order valence-corrected chi connectivity index (χ2v) is 8.88. The first-order chi connectivity index (χ1) is 15.5. The first kappa shape index (κ1) is 20.7. The van der Waals surface area contributed by atoms with E-state index < -0.39 is 0 Å². The number of rotatable bonds is 3. The van der Waals surface area contributed by atoms with Crippen molar-refractivity contribution in [2.75, 3.05) is 11.9 Å². The lowest BCUT2D eigenvalue weighted by Gasteiger charge is -2.36. The van der Waals surface area contributed by atoms with Gasteiger partial charge in [0.05, 0.1) is 6.04 Å². The number of anilines is 1. The molecule has 3 aromatic carbocycles. The Hall–Kier alpha value is -3.24. The molecule has 0 bridgehead atoms. The van der Waals surface area contributed by atoms with Gasteiger partial charge in [0.2, 0.25) is 0 Å². The van der Waals surface area contributed by atoms with Crippen LogP contribution >= 0.6 is 11.6 Å². The first-order valence-electron chi connectivity index (χ1n) is 11.1. The molecule has 5 rings (SSSR count). The second-order valence-electron chi connectivity index (χ2n) is 8.44. The average Bonchev–Trinajstić information content (AvgIpc) is 3.17. The third kappa shape index (κ3) is 3.76. The summed E-state index contributed by atoms with van der Waals surface area (Å²) in [5, 5.41) is 4.96. The minimum atomic E-state index is -0.194. The van der Waals surface area contributed by atoms with Crippen LogP contribution in [0.1, 0.15) is 40.9 Å². The summed E-state index contributed by atoms with van der Waals surface area (Å²) in [7, 11) is 0. The molecule has 0 fully saturated rings. The van der Waals surface area contributed by atoms with Crippen molar-refractivity contribution < 1.29 is 4.79 Å². The smallest absolute Gasteiger partial charge is 0.322 e. The zero-order valence-corrected chi connectivity index (χ0v) is 19.0. The number of fused-ring (bicyclic) bond motifs is 3. The number of carbonyl (C=O) groups is 1. The topological polar surface area (TPSA) is 48.1 Å². The van der Waals surface area contributed by atoms with Crippen molar-refractivity contribution in [3.8, 4) is 0 Å². The van der Waals surface area contributed by atoms with Gasteiger partial charge in [-0.25, -0.2) is 4.79 Å². The van der Waals surface area contributed by atoms with Crippen LogP contribution in [0.5, 0.6) is 0 Å². The lowest BCUT2D eigenvalue weighted by molar-refractivity contribution is 0.193. The Labute approximate surface area is 193 Å². The maximum absolute atomic E-state index is 13.4. The molecule has 1 aliphatic heterocycles. The van der Waals surface area contributed by atoms with E-state index in [0.717, 1.165) is 45.7 Å². The molecule has 4 nitrogen and oxygen atoms in total. The molecule has 0 saturated heterocycles. The fraction of sp³-hybridized carbons (Fsp3) is 0.222. The van der Waals surface area contributed by atoms with Crippen molar-refractivity contribution in [2.24, 2.45) is 0 Å². The molecule has 0 radical (unpaired) electrons. The number of hydrogen-bond donors (Lipinski definition) is 2. The molecule has 1 aromatic heterocycles. The minimum Gasteiger partial charge on any atom is -0.356 e. The Kier molecular flexibility index (Phi) is 5.40. The van der Waals surface area contributed by atoms with E-state index in [1.165, 1.54) is 16.7 Å². The summed E-state index contributed by atoms with van der Waals surface area (Å²) >= 11 is 6.29. The Morgan fingerprint density at radius 1 is 1.09 bits per heavy atom. The highest BCUT2D eigenvalue weighted by atomic mass is 35.5. The third-order valence-corrected chi connectivity index (χ3v) is 6.59. The number of hydrogen-bond acceptors (Lipinski definition) is 1. The van der Waals surface area contributed by atoms with Crippen molar-refractivity contribution in [2.45, 2.75) is 32.7 Å². The van der Waals surface area contributed by atoms with Gasteiger partial charge in [-0.15, -0.1) is 0 Å². The van der Waals surface area contributed by atoms with E-state index in [1.54, 1.807) is 0 Å². The van der Waals surface area contributed by atoms with Crippen LogP contribution in [0.4, 0.5) is 10.5 Å². The molecule has 0 unspecified atom stereocenters. The first-order valence-corrected chi connectivity index (χ1v) is 11.4. The number of carbonyl (C=O) groups excluding carboxylic acids is 1. The minimum absolute atomic E-state index is 0.0952. The van der Waals surface area contributed by atoms with Crippen molar-refractivity contribution in [1.29, 1.82) is 0 Å². The number of benzene rings is 3. The fourth-order valence-corrected chi connectivity index (χ4v) is 4.77. The zero-order chi connectivity index (χ0) is 22.2. The van der Waals surface area contributed by atoms with Gasteiger partial charge < -0.3 is 15.2 Å². The van der Waals surface area contributed by atoms with Crippen LogP contribution in [0, 0.1) is 6.92 Å². The Morgan fingerprint density at radius 3 is 2.56 bits per heavy atom. The van der Waals surface area contributed by atoms with Gasteiger partial charge in [-0.2, -0.15) is 0 Å². The van der Waals surface area contributed by atoms with Gasteiger partial charge in [0.25, 0.3) is 0 Å². The van der Waals surface area contributed by atoms with Crippen molar-refractivity contribution in [3.05, 3.63) is 99.7 Å². The van der Waals surface area contributed by atoms with Crippen molar-refractivity contribution >= 4 is 34.2 Å². The Bertz CT molecular complexity index is 1280. The Morgan fingerprint density at radius 2 is 1.84 bits per heavy atom. The van der Waals surface area contributed by atoms with E-state index in [0.29, 0.717) is 6.54 Å². The molecule has 0 saturated carbocycles. The highest BCUT2D eigenvalue weighted by molar-refractivity contribution is 6.31. The maximum atomic E-state index is 13.4. The summed E-state index contributed by atoms with van der Waals surface area (Å²) in [6.07, 6.45) is 1.75. The molecular weight excluding hydrogens is 418 g/mol. The highest BCUT2D eigenvalue weighted by Gasteiger charge is 2.34. The lowest BCUT2D eigenvalue weighted by Crippen LogP contribution is -2.43. The van der Waals surface area contributed by atoms with E-state index >= 15 is 0 Å². The molecule has 5 heteroatoms. The number of aromatic amines is 1. The summed E-state index contributed by atoms with van der Waals surface area (Å²) in [5.41, 5.74) is 7.70. The van der Waals surface area contributed by atoms with Gasteiger partial charge in [0.1, 0.15) is 0 Å². The number of aromatic nitrogens is 1. The highest BCUT2D eigenvalue weighted by Crippen LogP contribution is 2.39. The monoisotopic (exact) mass is 443 g/mol. The summed E-state index contributed by atoms with van der Waals surface area (Å²) in [4.78, 5) is 18.9. The number of nitrogens with one attached hydrogen (secondary N) is 2. The Balaban J connectivity index is 1.55. The molecule has 1 atom stereocenters. The predicted molar refractivity (Wildman–Crippen MR) is 132 cm³/mol. The van der Waals surface area contributed by atoms with Gasteiger partial charge in [0.15, 0.2) is 0 Å². The largest absolute Gasteiger partial charge is 0.356 e. The molecule has 0 spiro atoms. The average molecular weight is 444 g/mol. The molecular formula is C27H26ClN3O. The van der Waals surface area contributed by atoms with Gasteiger partial charge >= 0.3 is 6.03 Å². The van der Waals surface area contributed by atoms with Crippen LogP contribution in [-0.2, 0) is 12.8 Å². The van der Waals surface area contributed by atoms with Crippen LogP contribution in [-0.4, -0.2) is 22.5 Å². The number of H-pyrrole nitrogens is 1. The van der Waals surface area contributed by atoms with Crippen LogP contribution in [0.2, 0.25) is 5.02 Å². The molecule has 162 valence electrons. The molecule has 2 N–H and O–H groups in total. The van der Waals surface area contributed by atoms with Crippen LogP contribution in [0.3, 0.4) is 0 Å². The molecule has 2 amide bonds. The number of aryl methyl sites for hydroxylation is 2. The summed E-state index contributed by atoms with van der Waals surface area (Å²) in [5.74, 6) is 0. The summed E-state index contributed by atoms with van der Waals surface area (Å²) in [6.45, 7) is 4.83. The van der Waals surface area contributed by atoms with Gasteiger partial charge in [0, 0.05) is 33.9 Å². The molecule has 0 aliphatic carbocycles. The number of nitrogens with zero attached hydrogens (tertiary/aromatic N) is 1. The molecule has 32 heavy (non-hydrogen) atoms. The van der Waals surface area contributed by atoms with E-state index in [9.17, 15) is 4.79 Å². The van der Waals surface area contributed by atoms with Crippen molar-refractivity contribution in [3.63, 3.8) is 0 Å². The molecule has 1 aliphatic rings. The number of urea groups is 1. The quantitative estimate of drug-likeness (QED) is 0.356. The molecule has 2 heterocycles. The van der Waals surface area contributed by atoms with Gasteiger partial charge in [-0.05, 0) is 66.8 Å². The number of amides is 2. The van der Waals surface area contributed by atoms with Gasteiger partial charge in [-0.3, -0.25) is 0 Å². The van der Waals surface area contributed by atoms with Crippen LogP contribution < -0.4 is 5.32 Å². The van der Waals surface area contributed by atoms with Gasteiger partial charge in [-0.1, -0.05) is 60.5 Å². The van der Waals surface area contributed by atoms with E-state index in [4.69, 9.17) is 11.6 Å². The van der Waals surface area contributed by atoms with Crippen molar-refractivity contribution in [1.82, 2.24) is 9.88 Å². The second kappa shape index (κ2) is 8.36. The van der Waals surface area contributed by atoms with Crippen LogP contribution in [0.15, 0.2) is 66.7 Å². The normalized spacial score (nSPS) is 15.6. The predicted octanol–water partition coefficient (Wildman–Crippen LogP) is 6.87. The summed E-state index contributed by atoms with van der Waals surface area (Å²) < 4.78 is 0. The fourth-order valence-electron chi connectivity index (χ4n) is 4.59. The zero-order valence-electron chi connectivity index (χ0n) is 18.3. The van der Waals surface area contributed by atoms with E-state index in [-0.39, 0.29) is 12.1 Å². The van der Waals surface area contributed by atoms with Crippen LogP contribution in [0.25, 0.3) is 10.9 Å². The standard InChI is InChI=1S/C27H26ClN3O/c1-3-18-6-11-21(12-7-18)29-27(32)31-15-14-22-23-16-20(28)10-13-24(23)30-25(22)26(31)19-8-4-17(2)5-9-19/h4-13,16,26,30H,3,14-15H2,1-2H3,(H,29,32)/t26-/m0/s1. The van der Waals surface area contributed by atoms with E-state index in [1.807, 2.05) is 35.2 Å². The summed E-state index contributed by atoms with van der Waals surface area (Å²) in [6, 6.07) is 22.1. The molecule has 4 aromatic rings. The maximum Gasteiger partial charge on any atom is 0.322 e.